The molecule has 0 radical (unpaired) electrons. The molecule has 1 amide bonds. The van der Waals surface area contributed by atoms with Gasteiger partial charge in [-0.05, 0) is 19.3 Å². The number of nitrogens with one attached hydrogen (secondary N) is 2. The molecule has 0 aromatic heterocycles. The van der Waals surface area contributed by atoms with E-state index in [0.29, 0.717) is 6.54 Å². The lowest BCUT2D eigenvalue weighted by Gasteiger charge is -2.07. The summed E-state index contributed by atoms with van der Waals surface area (Å²) in [4.78, 5) is 10.9. The maximum absolute atomic E-state index is 10.9. The van der Waals surface area contributed by atoms with Gasteiger partial charge in [0.1, 0.15) is 0 Å². The molecule has 0 aliphatic heterocycles. The summed E-state index contributed by atoms with van der Waals surface area (Å²) in [5.74, 6) is -0.00793. The summed E-state index contributed by atoms with van der Waals surface area (Å²) in [6.45, 7) is 4.15. The van der Waals surface area contributed by atoms with E-state index < -0.39 is 0 Å². The normalized spacial score (nSPS) is 10.5. The van der Waals surface area contributed by atoms with Crippen molar-refractivity contribution in [3.05, 3.63) is 11.6 Å². The molecule has 2 N–H and O–H groups in total. The molecule has 0 aliphatic rings. The van der Waals surface area contributed by atoms with Crippen LogP contribution in [0.1, 0.15) is 13.8 Å². The van der Waals surface area contributed by atoms with Gasteiger partial charge < -0.3 is 10.6 Å². The fourth-order valence-corrected chi connectivity index (χ4v) is 0.683. The predicted molar refractivity (Wildman–Crippen MR) is 49.4 cm³/mol. The third kappa shape index (κ3) is 7.25. The largest absolute Gasteiger partial charge is 0.382 e. The van der Waals surface area contributed by atoms with Crippen molar-refractivity contribution in [3.63, 3.8) is 0 Å². The average molecular weight is 174 g/mol. The molecule has 11 heavy (non-hydrogen) atoms. The maximum Gasteiger partial charge on any atom is 0.239 e. The van der Waals surface area contributed by atoms with Gasteiger partial charge in [-0.15, -0.1) is 12.6 Å². The summed E-state index contributed by atoms with van der Waals surface area (Å²) < 4.78 is 0. The van der Waals surface area contributed by atoms with Gasteiger partial charge in [0.25, 0.3) is 0 Å². The van der Waals surface area contributed by atoms with E-state index in [1.54, 1.807) is 11.6 Å². The van der Waals surface area contributed by atoms with Crippen molar-refractivity contribution < 1.29 is 4.79 Å². The highest BCUT2D eigenvalue weighted by molar-refractivity contribution is 7.83. The molecule has 0 heterocycles. The van der Waals surface area contributed by atoms with Gasteiger partial charge in [0.05, 0.1) is 6.54 Å². The Hall–Kier alpha value is -0.640. The Kier molecular flexibility index (Phi) is 5.74. The van der Waals surface area contributed by atoms with Crippen molar-refractivity contribution in [1.82, 2.24) is 10.6 Å². The molecule has 0 aliphatic carbocycles. The van der Waals surface area contributed by atoms with Crippen LogP contribution in [0.25, 0.3) is 0 Å². The van der Waals surface area contributed by atoms with E-state index in [0.717, 1.165) is 0 Å². The Morgan fingerprint density at radius 2 is 2.27 bits per heavy atom. The Morgan fingerprint density at radius 3 is 2.73 bits per heavy atom. The Balaban J connectivity index is 3.37. The Morgan fingerprint density at radius 1 is 1.64 bits per heavy atom. The maximum atomic E-state index is 10.9. The molecule has 0 aromatic carbocycles. The molecule has 0 spiro atoms. The van der Waals surface area contributed by atoms with Gasteiger partial charge in [0, 0.05) is 12.2 Å². The van der Waals surface area contributed by atoms with Crippen LogP contribution in [0.3, 0.4) is 0 Å². The molecule has 0 aromatic rings. The second kappa shape index (κ2) is 6.09. The first kappa shape index (κ1) is 10.4. The second-order valence-electron chi connectivity index (χ2n) is 2.42. The minimum atomic E-state index is -0.00793. The summed E-state index contributed by atoms with van der Waals surface area (Å²) >= 11 is 3.82. The summed E-state index contributed by atoms with van der Waals surface area (Å²) in [6, 6.07) is 0.198. The predicted octanol–water partition coefficient (Wildman–Crippen LogP) is 0.502. The van der Waals surface area contributed by atoms with Crippen molar-refractivity contribution in [3.8, 4) is 0 Å². The number of rotatable bonds is 4. The zero-order chi connectivity index (χ0) is 8.69. The summed E-state index contributed by atoms with van der Waals surface area (Å²) in [6.07, 6.45) is 1.61. The molecular formula is C7H14N2OS. The van der Waals surface area contributed by atoms with Crippen LogP contribution in [0.15, 0.2) is 11.6 Å². The van der Waals surface area contributed by atoms with E-state index in [4.69, 9.17) is 0 Å². The van der Waals surface area contributed by atoms with E-state index in [1.807, 2.05) is 13.8 Å². The smallest absolute Gasteiger partial charge is 0.239 e. The first-order valence-electron chi connectivity index (χ1n) is 3.48. The van der Waals surface area contributed by atoms with E-state index in [2.05, 4.69) is 23.3 Å². The molecule has 3 nitrogen and oxygen atoms in total. The number of carbonyl (C=O) groups is 1. The van der Waals surface area contributed by atoms with Crippen LogP contribution in [-0.2, 0) is 4.79 Å². The molecule has 0 fully saturated rings. The highest BCUT2D eigenvalue weighted by Crippen LogP contribution is 1.76. The van der Waals surface area contributed by atoms with Crippen LogP contribution in [-0.4, -0.2) is 18.5 Å². The number of amides is 1. The van der Waals surface area contributed by atoms with Gasteiger partial charge in [-0.25, -0.2) is 0 Å². The summed E-state index contributed by atoms with van der Waals surface area (Å²) in [7, 11) is 0. The SMILES string of the molecule is CC(C)NC(=O)CN/C=C\S. The highest BCUT2D eigenvalue weighted by Gasteiger charge is 1.99. The molecule has 0 bridgehead atoms. The van der Waals surface area contributed by atoms with Gasteiger partial charge in [-0.1, -0.05) is 0 Å². The van der Waals surface area contributed by atoms with Crippen LogP contribution in [0, 0.1) is 0 Å². The number of carbonyl (C=O) groups excluding carboxylic acids is 1. The van der Waals surface area contributed by atoms with Gasteiger partial charge in [-0.2, -0.15) is 0 Å². The minimum absolute atomic E-state index is 0.00793. The highest BCUT2D eigenvalue weighted by atomic mass is 32.1. The van der Waals surface area contributed by atoms with Crippen LogP contribution >= 0.6 is 12.6 Å². The van der Waals surface area contributed by atoms with Gasteiger partial charge in [0.2, 0.25) is 5.91 Å². The minimum Gasteiger partial charge on any atom is -0.382 e. The van der Waals surface area contributed by atoms with Crippen molar-refractivity contribution in [2.24, 2.45) is 0 Å². The first-order chi connectivity index (χ1) is 5.16. The molecule has 0 rings (SSSR count). The van der Waals surface area contributed by atoms with Crippen molar-refractivity contribution >= 4 is 18.5 Å². The standard InChI is InChI=1S/C7H14N2OS/c1-6(2)9-7(10)5-8-3-4-11/h3-4,6,8,11H,5H2,1-2H3,(H,9,10)/b4-3-. The zero-order valence-electron chi connectivity index (χ0n) is 6.79. The van der Waals surface area contributed by atoms with E-state index in [1.165, 1.54) is 0 Å². The fourth-order valence-electron chi connectivity index (χ4n) is 0.577. The third-order valence-corrected chi connectivity index (χ3v) is 1.05. The van der Waals surface area contributed by atoms with E-state index in [-0.39, 0.29) is 11.9 Å². The van der Waals surface area contributed by atoms with E-state index >= 15 is 0 Å². The summed E-state index contributed by atoms with van der Waals surface area (Å²) in [5, 5.41) is 7.06. The Bertz CT molecular complexity index is 145. The molecule has 0 atom stereocenters. The number of hydrogen-bond acceptors (Lipinski definition) is 3. The van der Waals surface area contributed by atoms with Gasteiger partial charge in [-0.3, -0.25) is 4.79 Å². The van der Waals surface area contributed by atoms with Crippen molar-refractivity contribution in [2.45, 2.75) is 19.9 Å². The van der Waals surface area contributed by atoms with Crippen molar-refractivity contribution in [1.29, 1.82) is 0 Å². The fraction of sp³-hybridized carbons (Fsp3) is 0.571. The van der Waals surface area contributed by atoms with Gasteiger partial charge >= 0.3 is 0 Å². The zero-order valence-corrected chi connectivity index (χ0v) is 7.69. The van der Waals surface area contributed by atoms with Gasteiger partial charge in [0.15, 0.2) is 0 Å². The molecule has 0 saturated carbocycles. The monoisotopic (exact) mass is 174 g/mol. The van der Waals surface area contributed by atoms with Crippen LogP contribution in [0.2, 0.25) is 0 Å². The lowest BCUT2D eigenvalue weighted by atomic mass is 10.4. The van der Waals surface area contributed by atoms with E-state index in [9.17, 15) is 4.79 Å². The van der Waals surface area contributed by atoms with Crippen LogP contribution in [0.5, 0.6) is 0 Å². The lowest BCUT2D eigenvalue weighted by Crippen LogP contribution is -2.36. The molecular weight excluding hydrogens is 160 g/mol. The Labute approximate surface area is 72.7 Å². The van der Waals surface area contributed by atoms with Crippen LogP contribution in [0.4, 0.5) is 0 Å². The van der Waals surface area contributed by atoms with Crippen molar-refractivity contribution in [2.75, 3.05) is 6.54 Å². The topological polar surface area (TPSA) is 41.1 Å². The first-order valence-corrected chi connectivity index (χ1v) is 4.00. The third-order valence-electron chi connectivity index (χ3n) is 0.905. The second-order valence-corrected chi connectivity index (χ2v) is 2.72. The molecule has 0 saturated heterocycles. The number of thiol groups is 1. The summed E-state index contributed by atoms with van der Waals surface area (Å²) in [5.41, 5.74) is 0. The number of hydrogen-bond donors (Lipinski definition) is 3. The van der Waals surface area contributed by atoms with Crippen LogP contribution < -0.4 is 10.6 Å². The average Bonchev–Trinajstić information content (AvgIpc) is 1.86. The lowest BCUT2D eigenvalue weighted by molar-refractivity contribution is -0.120. The quantitative estimate of drug-likeness (QED) is 0.543. The molecule has 0 unspecified atom stereocenters. The molecule has 4 heteroatoms. The molecule has 64 valence electrons.